The van der Waals surface area contributed by atoms with Crippen molar-refractivity contribution in [3.63, 3.8) is 0 Å². The number of hydrogen-bond donors (Lipinski definition) is 3. The molecular weight excluding hydrogens is 364 g/mol. The summed E-state index contributed by atoms with van der Waals surface area (Å²) in [7, 11) is 3.16. The van der Waals surface area contributed by atoms with E-state index in [4.69, 9.17) is 9.47 Å². The fourth-order valence-corrected chi connectivity index (χ4v) is 3.28. The highest BCUT2D eigenvalue weighted by atomic mass is 32.1. The largest absolute Gasteiger partial charge is 0.493 e. The van der Waals surface area contributed by atoms with Crippen LogP contribution in [0.25, 0.3) is 0 Å². The van der Waals surface area contributed by atoms with E-state index in [1.807, 2.05) is 19.2 Å². The van der Waals surface area contributed by atoms with Gasteiger partial charge in [-0.1, -0.05) is 6.07 Å². The summed E-state index contributed by atoms with van der Waals surface area (Å²) < 4.78 is 10.5. The molecule has 3 N–H and O–H groups in total. The van der Waals surface area contributed by atoms with E-state index < -0.39 is 6.10 Å². The van der Waals surface area contributed by atoms with Gasteiger partial charge in [-0.05, 0) is 31.5 Å². The van der Waals surface area contributed by atoms with E-state index in [1.54, 1.807) is 37.7 Å². The first kappa shape index (κ1) is 21.0. The number of ether oxygens (including phenoxy) is 2. The first-order valence-corrected chi connectivity index (χ1v) is 9.72. The van der Waals surface area contributed by atoms with Gasteiger partial charge in [0.15, 0.2) is 17.5 Å². The molecule has 2 rings (SSSR count). The van der Waals surface area contributed by atoms with Crippen molar-refractivity contribution in [2.24, 2.45) is 4.99 Å². The maximum absolute atomic E-state index is 10.5. The summed E-state index contributed by atoms with van der Waals surface area (Å²) in [6, 6.07) is 5.36. The van der Waals surface area contributed by atoms with Crippen molar-refractivity contribution >= 4 is 17.3 Å². The number of guanidine groups is 1. The van der Waals surface area contributed by atoms with E-state index in [-0.39, 0.29) is 6.54 Å². The van der Waals surface area contributed by atoms with Gasteiger partial charge < -0.3 is 25.2 Å². The van der Waals surface area contributed by atoms with Gasteiger partial charge in [-0.15, -0.1) is 11.3 Å². The first-order chi connectivity index (χ1) is 13.1. The number of aromatic nitrogens is 1. The van der Waals surface area contributed by atoms with Crippen molar-refractivity contribution in [3.05, 3.63) is 39.8 Å². The number of aliphatic hydroxyl groups excluding tert-OH is 1. The van der Waals surface area contributed by atoms with Crippen molar-refractivity contribution in [3.8, 4) is 11.5 Å². The van der Waals surface area contributed by atoms with Crippen LogP contribution in [0, 0.1) is 6.92 Å². The minimum Gasteiger partial charge on any atom is -0.493 e. The zero-order chi connectivity index (χ0) is 19.6. The van der Waals surface area contributed by atoms with Gasteiger partial charge in [0.25, 0.3) is 0 Å². The first-order valence-electron chi connectivity index (χ1n) is 8.90. The Balaban J connectivity index is 1.94. The smallest absolute Gasteiger partial charge is 0.191 e. The minimum absolute atomic E-state index is 0.237. The molecule has 1 heterocycles. The van der Waals surface area contributed by atoms with Gasteiger partial charge in [0.05, 0.1) is 31.9 Å². The summed E-state index contributed by atoms with van der Waals surface area (Å²) in [4.78, 5) is 10.1. The van der Waals surface area contributed by atoms with Crippen LogP contribution in [-0.2, 0) is 6.42 Å². The third-order valence-electron chi connectivity index (χ3n) is 3.86. The minimum atomic E-state index is -0.734. The number of rotatable bonds is 9. The van der Waals surface area contributed by atoms with E-state index in [0.29, 0.717) is 17.5 Å². The third-order valence-corrected chi connectivity index (χ3v) is 4.83. The topological polar surface area (TPSA) is 88.0 Å². The lowest BCUT2D eigenvalue weighted by atomic mass is 10.1. The van der Waals surface area contributed by atoms with E-state index in [1.165, 1.54) is 4.88 Å². The average molecular weight is 393 g/mol. The van der Waals surface area contributed by atoms with Crippen LogP contribution in [0.1, 0.15) is 28.5 Å². The molecule has 1 unspecified atom stereocenters. The molecule has 1 aromatic heterocycles. The zero-order valence-electron chi connectivity index (χ0n) is 16.3. The molecule has 27 heavy (non-hydrogen) atoms. The SMILES string of the molecule is CCNC(=NCC(O)c1ccc(OC)c(OC)c1)NCCc1ncc(C)s1. The molecule has 0 saturated carbocycles. The molecule has 1 atom stereocenters. The molecule has 2 aromatic rings. The van der Waals surface area contributed by atoms with Gasteiger partial charge >= 0.3 is 0 Å². The predicted octanol–water partition coefficient (Wildman–Crippen LogP) is 2.30. The molecule has 148 valence electrons. The molecule has 0 aliphatic rings. The van der Waals surface area contributed by atoms with Crippen LogP contribution in [0.2, 0.25) is 0 Å². The van der Waals surface area contributed by atoms with Crippen LogP contribution in [-0.4, -0.2) is 49.9 Å². The van der Waals surface area contributed by atoms with Crippen LogP contribution in [0.3, 0.4) is 0 Å². The average Bonchev–Trinajstić information content (AvgIpc) is 3.10. The third kappa shape index (κ3) is 6.41. The molecule has 7 nitrogen and oxygen atoms in total. The number of thiazole rings is 1. The van der Waals surface area contributed by atoms with E-state index in [0.717, 1.165) is 30.1 Å². The quantitative estimate of drug-likeness (QED) is 0.448. The lowest BCUT2D eigenvalue weighted by Gasteiger charge is -2.14. The Morgan fingerprint density at radius 1 is 1.26 bits per heavy atom. The highest BCUT2D eigenvalue weighted by Gasteiger charge is 2.12. The van der Waals surface area contributed by atoms with E-state index >= 15 is 0 Å². The zero-order valence-corrected chi connectivity index (χ0v) is 17.1. The van der Waals surface area contributed by atoms with Crippen molar-refractivity contribution in [2.45, 2.75) is 26.4 Å². The Morgan fingerprint density at radius 3 is 2.67 bits per heavy atom. The van der Waals surface area contributed by atoms with Crippen LogP contribution in [0.15, 0.2) is 29.4 Å². The van der Waals surface area contributed by atoms with Crippen molar-refractivity contribution in [2.75, 3.05) is 33.9 Å². The number of benzene rings is 1. The lowest BCUT2D eigenvalue weighted by molar-refractivity contribution is 0.186. The van der Waals surface area contributed by atoms with Crippen molar-refractivity contribution < 1.29 is 14.6 Å². The lowest BCUT2D eigenvalue weighted by Crippen LogP contribution is -2.38. The van der Waals surface area contributed by atoms with E-state index in [2.05, 4.69) is 27.5 Å². The van der Waals surface area contributed by atoms with Crippen LogP contribution in [0.5, 0.6) is 11.5 Å². The number of nitrogens with zero attached hydrogens (tertiary/aromatic N) is 2. The number of methoxy groups -OCH3 is 2. The summed E-state index contributed by atoms with van der Waals surface area (Å²) in [6.07, 6.45) is 1.99. The molecule has 0 aliphatic carbocycles. The fraction of sp³-hybridized carbons (Fsp3) is 0.474. The molecular formula is C19H28N4O3S. The monoisotopic (exact) mass is 392 g/mol. The van der Waals surface area contributed by atoms with Gasteiger partial charge in [0.1, 0.15) is 0 Å². The van der Waals surface area contributed by atoms with Gasteiger partial charge in [-0.3, -0.25) is 4.99 Å². The number of aryl methyl sites for hydroxylation is 1. The molecule has 8 heteroatoms. The number of aliphatic imine (C=N–C) groups is 1. The highest BCUT2D eigenvalue weighted by molar-refractivity contribution is 7.11. The molecule has 0 saturated heterocycles. The second-order valence-corrected chi connectivity index (χ2v) is 7.21. The normalized spacial score (nSPS) is 12.6. The fourth-order valence-electron chi connectivity index (χ4n) is 2.49. The maximum atomic E-state index is 10.5. The summed E-state index contributed by atoms with van der Waals surface area (Å²) in [6.45, 7) is 5.77. The summed E-state index contributed by atoms with van der Waals surface area (Å²) in [5.41, 5.74) is 0.727. The van der Waals surface area contributed by atoms with Crippen LogP contribution < -0.4 is 20.1 Å². The number of hydrogen-bond acceptors (Lipinski definition) is 6. The number of nitrogens with one attached hydrogen (secondary N) is 2. The molecule has 1 aromatic carbocycles. The summed E-state index contributed by atoms with van der Waals surface area (Å²) in [5.74, 6) is 1.89. The Kier molecular flexibility index (Phi) is 8.35. The molecule has 0 fully saturated rings. The van der Waals surface area contributed by atoms with Crippen LogP contribution >= 0.6 is 11.3 Å². The predicted molar refractivity (Wildman–Crippen MR) is 109 cm³/mol. The Labute approximate surface area is 164 Å². The summed E-state index contributed by atoms with van der Waals surface area (Å²) >= 11 is 1.70. The molecule has 0 aliphatic heterocycles. The van der Waals surface area contributed by atoms with Crippen LogP contribution in [0.4, 0.5) is 0 Å². The summed E-state index contributed by atoms with van der Waals surface area (Å²) in [5, 5.41) is 18.0. The van der Waals surface area contributed by atoms with Gasteiger partial charge in [0.2, 0.25) is 0 Å². The Morgan fingerprint density at radius 2 is 2.04 bits per heavy atom. The Bertz CT molecular complexity index is 748. The molecule has 0 radical (unpaired) electrons. The molecule has 0 amide bonds. The van der Waals surface area contributed by atoms with Gasteiger partial charge in [0, 0.05) is 30.6 Å². The highest BCUT2D eigenvalue weighted by Crippen LogP contribution is 2.30. The van der Waals surface area contributed by atoms with Gasteiger partial charge in [-0.2, -0.15) is 0 Å². The van der Waals surface area contributed by atoms with Gasteiger partial charge in [-0.25, -0.2) is 4.98 Å². The second kappa shape index (κ2) is 10.7. The standard InChI is InChI=1S/C19H28N4O3S/c1-5-20-19(21-9-8-18-22-11-13(2)27-18)23-12-15(24)14-6-7-16(25-3)17(10-14)26-4/h6-7,10-11,15,24H,5,8-9,12H2,1-4H3,(H2,20,21,23). The number of aliphatic hydroxyl groups is 1. The molecule has 0 spiro atoms. The van der Waals surface area contributed by atoms with Crippen molar-refractivity contribution in [1.82, 2.24) is 15.6 Å². The molecule has 0 bridgehead atoms. The van der Waals surface area contributed by atoms with E-state index in [9.17, 15) is 5.11 Å². The maximum Gasteiger partial charge on any atom is 0.191 e. The second-order valence-electron chi connectivity index (χ2n) is 5.89. The van der Waals surface area contributed by atoms with Crippen molar-refractivity contribution in [1.29, 1.82) is 0 Å². The Hall–Kier alpha value is -2.32.